The van der Waals surface area contributed by atoms with E-state index in [2.05, 4.69) is 9.89 Å². The molecule has 0 radical (unpaired) electrons. The van der Waals surface area contributed by atoms with Gasteiger partial charge in [0.15, 0.2) is 11.5 Å². The zero-order chi connectivity index (χ0) is 20.8. The number of carbonyl (C=O) groups excluding carboxylic acids is 1. The number of hydrogen-bond donors (Lipinski definition) is 0. The van der Waals surface area contributed by atoms with Gasteiger partial charge in [0, 0.05) is 23.9 Å². The number of hydrogen-bond acceptors (Lipinski definition) is 4. The van der Waals surface area contributed by atoms with Gasteiger partial charge < -0.3 is 14.4 Å². The van der Waals surface area contributed by atoms with Gasteiger partial charge in [0.25, 0.3) is 5.91 Å². The first kappa shape index (κ1) is 18.7. The van der Waals surface area contributed by atoms with Crippen LogP contribution in [0.4, 0.5) is 0 Å². The maximum absolute atomic E-state index is 13.5. The van der Waals surface area contributed by atoms with E-state index >= 15 is 0 Å². The summed E-state index contributed by atoms with van der Waals surface area (Å²) in [6.45, 7) is 2.03. The van der Waals surface area contributed by atoms with Crippen LogP contribution in [-0.4, -0.2) is 48.9 Å². The lowest BCUT2D eigenvalue weighted by Gasteiger charge is -2.35. The molecule has 5 nitrogen and oxygen atoms in total. The van der Waals surface area contributed by atoms with Crippen LogP contribution in [0.3, 0.4) is 0 Å². The first-order valence-corrected chi connectivity index (χ1v) is 11.3. The monoisotopic (exact) mass is 414 g/mol. The molecule has 158 valence electrons. The quantitative estimate of drug-likeness (QED) is 0.731. The predicted octanol–water partition coefficient (Wildman–Crippen LogP) is 4.66. The second-order valence-electron chi connectivity index (χ2n) is 8.87. The molecule has 2 aliphatic carbocycles. The summed E-state index contributed by atoms with van der Waals surface area (Å²) in [7, 11) is 0. The van der Waals surface area contributed by atoms with E-state index in [9.17, 15) is 4.79 Å². The second-order valence-corrected chi connectivity index (χ2v) is 8.87. The van der Waals surface area contributed by atoms with Crippen LogP contribution in [-0.2, 0) is 0 Å². The zero-order valence-corrected chi connectivity index (χ0v) is 17.5. The highest BCUT2D eigenvalue weighted by Gasteiger charge is 2.39. The van der Waals surface area contributed by atoms with Gasteiger partial charge in [-0.3, -0.25) is 9.79 Å². The highest BCUT2D eigenvalue weighted by Crippen LogP contribution is 2.38. The molecule has 2 aliphatic heterocycles. The zero-order valence-electron chi connectivity index (χ0n) is 17.5. The first-order valence-electron chi connectivity index (χ1n) is 11.3. The summed E-state index contributed by atoms with van der Waals surface area (Å²) >= 11 is 0. The molecule has 4 aliphatic rings. The molecule has 0 aromatic heterocycles. The van der Waals surface area contributed by atoms with Crippen LogP contribution in [0.25, 0.3) is 11.1 Å². The van der Waals surface area contributed by atoms with Gasteiger partial charge in [-0.15, -0.1) is 0 Å². The van der Waals surface area contributed by atoms with E-state index in [1.165, 1.54) is 11.1 Å². The lowest BCUT2D eigenvalue weighted by molar-refractivity contribution is 0.0645. The molecule has 0 N–H and O–H groups in total. The maximum Gasteiger partial charge on any atom is 0.254 e. The van der Waals surface area contributed by atoms with Crippen LogP contribution < -0.4 is 9.47 Å². The molecule has 0 saturated heterocycles. The molecule has 1 fully saturated rings. The molecule has 2 heterocycles. The molecule has 1 saturated carbocycles. The van der Waals surface area contributed by atoms with Crippen LogP contribution in [0.5, 0.6) is 11.5 Å². The molecule has 1 amide bonds. The number of carbonyl (C=O) groups is 1. The lowest BCUT2D eigenvalue weighted by atomic mass is 9.88. The van der Waals surface area contributed by atoms with Gasteiger partial charge in [0.2, 0.25) is 0 Å². The maximum atomic E-state index is 13.5. The summed E-state index contributed by atoms with van der Waals surface area (Å²) in [6.07, 6.45) is 7.35. The SMILES string of the molecule is O=C(c1ccc(-c2ccc3c(c2)OCCO3)cc1)N(C1CC1)C1CCC2=C(C=NC2)C1. The van der Waals surface area contributed by atoms with E-state index in [1.54, 1.807) is 0 Å². The molecule has 31 heavy (non-hydrogen) atoms. The highest BCUT2D eigenvalue weighted by molar-refractivity contribution is 5.95. The average Bonchev–Trinajstić information content (AvgIpc) is 3.54. The van der Waals surface area contributed by atoms with E-state index in [-0.39, 0.29) is 5.91 Å². The van der Waals surface area contributed by atoms with E-state index in [0.717, 1.165) is 66.8 Å². The van der Waals surface area contributed by atoms with Crippen molar-refractivity contribution in [1.82, 2.24) is 4.90 Å². The average molecular weight is 415 g/mol. The lowest BCUT2D eigenvalue weighted by Crippen LogP contribution is -2.43. The van der Waals surface area contributed by atoms with Crippen LogP contribution in [0.15, 0.2) is 58.6 Å². The van der Waals surface area contributed by atoms with Gasteiger partial charge >= 0.3 is 0 Å². The van der Waals surface area contributed by atoms with Crippen molar-refractivity contribution in [3.63, 3.8) is 0 Å². The fourth-order valence-electron chi connectivity index (χ4n) is 4.99. The number of rotatable bonds is 4. The van der Waals surface area contributed by atoms with Gasteiger partial charge in [0.1, 0.15) is 13.2 Å². The topological polar surface area (TPSA) is 51.1 Å². The summed E-state index contributed by atoms with van der Waals surface area (Å²) in [5.74, 6) is 1.74. The molecular formula is C26H26N2O3. The van der Waals surface area contributed by atoms with Crippen molar-refractivity contribution in [1.29, 1.82) is 0 Å². The van der Waals surface area contributed by atoms with Crippen molar-refractivity contribution in [2.24, 2.45) is 4.99 Å². The van der Waals surface area contributed by atoms with Crippen molar-refractivity contribution in [2.75, 3.05) is 19.8 Å². The molecule has 5 heteroatoms. The molecule has 0 spiro atoms. The van der Waals surface area contributed by atoms with E-state index in [0.29, 0.717) is 25.3 Å². The third-order valence-electron chi connectivity index (χ3n) is 6.79. The summed E-state index contributed by atoms with van der Waals surface area (Å²) in [5.41, 5.74) is 5.75. The fraction of sp³-hybridized carbons (Fsp3) is 0.385. The molecule has 0 bridgehead atoms. The number of aliphatic imine (C=N–C) groups is 1. The Morgan fingerprint density at radius 3 is 2.48 bits per heavy atom. The Balaban J connectivity index is 1.22. The molecule has 6 rings (SSSR count). The summed E-state index contributed by atoms with van der Waals surface area (Å²) in [5, 5.41) is 0. The van der Waals surface area contributed by atoms with Crippen LogP contribution in [0.1, 0.15) is 42.5 Å². The Bertz CT molecular complexity index is 1080. The molecule has 2 aromatic carbocycles. The Morgan fingerprint density at radius 2 is 1.68 bits per heavy atom. The van der Waals surface area contributed by atoms with Gasteiger partial charge in [0.05, 0.1) is 6.54 Å². The fourth-order valence-corrected chi connectivity index (χ4v) is 4.99. The molecule has 2 aromatic rings. The van der Waals surface area contributed by atoms with E-state index in [4.69, 9.17) is 9.47 Å². The third-order valence-corrected chi connectivity index (χ3v) is 6.79. The molecule has 1 atom stereocenters. The van der Waals surface area contributed by atoms with Gasteiger partial charge in [-0.1, -0.05) is 18.2 Å². The van der Waals surface area contributed by atoms with E-state index in [1.807, 2.05) is 48.7 Å². The minimum atomic E-state index is 0.167. The molecule has 1 unspecified atom stereocenters. The van der Waals surface area contributed by atoms with Crippen molar-refractivity contribution in [3.8, 4) is 22.6 Å². The predicted molar refractivity (Wildman–Crippen MR) is 120 cm³/mol. The summed E-state index contributed by atoms with van der Waals surface area (Å²) in [4.78, 5) is 20.1. The Morgan fingerprint density at radius 1 is 0.903 bits per heavy atom. The standard InChI is InChI=1S/C26H26N2O3/c29-26(28(22-8-9-22)23-7-5-20-15-27-16-21(20)13-23)18-3-1-17(2-4-18)19-6-10-24-25(14-19)31-12-11-30-24/h1-4,6,10,14,16,22-23H,5,7-9,11-13,15H2. The summed E-state index contributed by atoms with van der Waals surface area (Å²) in [6, 6.07) is 14.7. The normalized spacial score (nSPS) is 21.7. The van der Waals surface area contributed by atoms with Crippen molar-refractivity contribution in [2.45, 2.75) is 44.2 Å². The summed E-state index contributed by atoms with van der Waals surface area (Å²) < 4.78 is 11.3. The number of nitrogens with zero attached hydrogens (tertiary/aromatic N) is 2. The minimum absolute atomic E-state index is 0.167. The Labute approximate surface area is 182 Å². The van der Waals surface area contributed by atoms with Crippen molar-refractivity contribution < 1.29 is 14.3 Å². The van der Waals surface area contributed by atoms with Gasteiger partial charge in [-0.05, 0) is 78.6 Å². The largest absolute Gasteiger partial charge is 0.486 e. The van der Waals surface area contributed by atoms with E-state index < -0.39 is 0 Å². The van der Waals surface area contributed by atoms with Crippen molar-refractivity contribution >= 4 is 12.1 Å². The third kappa shape index (κ3) is 3.52. The number of fused-ring (bicyclic) bond motifs is 1. The van der Waals surface area contributed by atoms with Gasteiger partial charge in [-0.25, -0.2) is 0 Å². The van der Waals surface area contributed by atoms with Gasteiger partial charge in [-0.2, -0.15) is 0 Å². The number of benzene rings is 2. The van der Waals surface area contributed by atoms with Crippen LogP contribution in [0.2, 0.25) is 0 Å². The highest BCUT2D eigenvalue weighted by atomic mass is 16.6. The second kappa shape index (κ2) is 7.56. The Hall–Kier alpha value is -3.08. The smallest absolute Gasteiger partial charge is 0.254 e. The van der Waals surface area contributed by atoms with Crippen LogP contribution in [0, 0.1) is 0 Å². The number of amides is 1. The number of ether oxygens (including phenoxy) is 2. The Kier molecular flexibility index (Phi) is 4.55. The van der Waals surface area contributed by atoms with Crippen molar-refractivity contribution in [3.05, 3.63) is 59.2 Å². The first-order chi connectivity index (χ1) is 15.3. The minimum Gasteiger partial charge on any atom is -0.486 e. The van der Waals surface area contributed by atoms with Crippen LogP contribution >= 0.6 is 0 Å². The molecular weight excluding hydrogens is 388 g/mol.